The lowest BCUT2D eigenvalue weighted by molar-refractivity contribution is 0.456. The van der Waals surface area contributed by atoms with Crippen LogP contribution in [0.4, 0.5) is 0 Å². The first-order valence-electron chi connectivity index (χ1n) is 5.42. The minimum absolute atomic E-state index is 0.0306. The van der Waals surface area contributed by atoms with E-state index < -0.39 is 21.3 Å². The van der Waals surface area contributed by atoms with Crippen LogP contribution in [0.2, 0.25) is 0 Å². The summed E-state index contributed by atoms with van der Waals surface area (Å²) in [5, 5.41) is 9.61. The Morgan fingerprint density at radius 3 is 2.37 bits per heavy atom. The predicted octanol–water partition coefficient (Wildman–Crippen LogP) is 0.250. The number of benzene rings is 1. The zero-order valence-corrected chi connectivity index (χ0v) is 10.7. The molecule has 0 aliphatic rings. The Balaban J connectivity index is 2.67. The molecule has 0 unspecified atom stereocenters. The van der Waals surface area contributed by atoms with E-state index in [0.717, 1.165) is 6.20 Å². The van der Waals surface area contributed by atoms with Gasteiger partial charge in [0.25, 0.3) is 10.0 Å². The third kappa shape index (κ3) is 2.25. The second-order valence-corrected chi connectivity index (χ2v) is 5.63. The predicted molar refractivity (Wildman–Crippen MR) is 69.3 cm³/mol. The van der Waals surface area contributed by atoms with Crippen molar-refractivity contribution in [3.8, 4) is 5.75 Å². The van der Waals surface area contributed by atoms with Gasteiger partial charge in [-0.2, -0.15) is 0 Å². The Morgan fingerprint density at radius 1 is 1.16 bits per heavy atom. The van der Waals surface area contributed by atoms with Gasteiger partial charge in [0.05, 0.1) is 4.90 Å². The maximum atomic E-state index is 12.2. The van der Waals surface area contributed by atoms with Crippen molar-refractivity contribution in [1.82, 2.24) is 3.97 Å². The first kappa shape index (κ1) is 13.3. The number of pyridine rings is 1. The number of hydrogen-bond acceptors (Lipinski definition) is 5. The molecular formula is C12H12N2O4S. The third-order valence-corrected chi connectivity index (χ3v) is 4.31. The quantitative estimate of drug-likeness (QED) is 0.839. The molecule has 0 fully saturated rings. The van der Waals surface area contributed by atoms with Crippen LogP contribution < -0.4 is 11.3 Å². The van der Waals surface area contributed by atoms with Crippen LogP contribution in [0.5, 0.6) is 5.75 Å². The van der Waals surface area contributed by atoms with Crippen LogP contribution in [-0.4, -0.2) is 17.5 Å². The summed E-state index contributed by atoms with van der Waals surface area (Å²) in [6, 6.07) is 8.80. The van der Waals surface area contributed by atoms with E-state index in [4.69, 9.17) is 5.73 Å². The third-order valence-electron chi connectivity index (χ3n) is 2.64. The van der Waals surface area contributed by atoms with Gasteiger partial charge in [-0.25, -0.2) is 12.4 Å². The average Bonchev–Trinajstić information content (AvgIpc) is 2.42. The minimum atomic E-state index is -4.01. The first-order valence-corrected chi connectivity index (χ1v) is 6.86. The highest BCUT2D eigenvalue weighted by atomic mass is 32.2. The van der Waals surface area contributed by atoms with E-state index in [2.05, 4.69) is 0 Å². The number of nitrogens with zero attached hydrogens (tertiary/aromatic N) is 1. The monoisotopic (exact) mass is 280 g/mol. The van der Waals surface area contributed by atoms with Crippen LogP contribution >= 0.6 is 0 Å². The van der Waals surface area contributed by atoms with Gasteiger partial charge < -0.3 is 10.8 Å². The fraction of sp³-hybridized carbons (Fsp3) is 0.0833. The minimum Gasteiger partial charge on any atom is -0.503 e. The molecule has 0 saturated heterocycles. The Labute approximate surface area is 109 Å². The fourth-order valence-electron chi connectivity index (χ4n) is 1.61. The summed E-state index contributed by atoms with van der Waals surface area (Å²) in [5.41, 5.74) is 4.52. The van der Waals surface area contributed by atoms with Gasteiger partial charge in [0, 0.05) is 18.3 Å². The van der Waals surface area contributed by atoms with Crippen LogP contribution in [-0.2, 0) is 16.6 Å². The molecule has 0 radical (unpaired) electrons. The summed E-state index contributed by atoms with van der Waals surface area (Å²) in [6.07, 6.45) is 1.09. The van der Waals surface area contributed by atoms with Gasteiger partial charge in [-0.05, 0) is 18.2 Å². The lowest BCUT2D eigenvalue weighted by Gasteiger charge is -2.09. The van der Waals surface area contributed by atoms with E-state index in [1.54, 1.807) is 18.2 Å². The molecule has 0 atom stereocenters. The molecule has 100 valence electrons. The van der Waals surface area contributed by atoms with Crippen molar-refractivity contribution in [2.75, 3.05) is 0 Å². The van der Waals surface area contributed by atoms with Crippen molar-refractivity contribution < 1.29 is 13.5 Å². The van der Waals surface area contributed by atoms with Gasteiger partial charge in [-0.1, -0.05) is 18.2 Å². The lowest BCUT2D eigenvalue weighted by atomic mass is 10.2. The summed E-state index contributed by atoms with van der Waals surface area (Å²) in [5.74, 6) is -0.649. The van der Waals surface area contributed by atoms with Crippen LogP contribution in [0.15, 0.2) is 52.3 Å². The van der Waals surface area contributed by atoms with E-state index in [1.165, 1.54) is 18.2 Å². The molecule has 7 heteroatoms. The maximum Gasteiger partial charge on any atom is 0.306 e. The molecule has 2 rings (SSSR count). The van der Waals surface area contributed by atoms with Crippen molar-refractivity contribution in [3.05, 3.63) is 58.5 Å². The lowest BCUT2D eigenvalue weighted by Crippen LogP contribution is -2.27. The summed E-state index contributed by atoms with van der Waals surface area (Å²) in [4.78, 5) is 11.8. The van der Waals surface area contributed by atoms with Crippen molar-refractivity contribution in [3.63, 3.8) is 0 Å². The molecule has 1 aromatic heterocycles. The molecule has 1 heterocycles. The smallest absolute Gasteiger partial charge is 0.306 e. The van der Waals surface area contributed by atoms with E-state index >= 15 is 0 Å². The summed E-state index contributed by atoms with van der Waals surface area (Å²) < 4.78 is 25.0. The maximum absolute atomic E-state index is 12.2. The number of nitrogens with two attached hydrogens (primary N) is 1. The van der Waals surface area contributed by atoms with E-state index in [9.17, 15) is 18.3 Å². The highest BCUT2D eigenvalue weighted by Gasteiger charge is 2.20. The number of hydrogen-bond donors (Lipinski definition) is 2. The zero-order valence-electron chi connectivity index (χ0n) is 9.85. The van der Waals surface area contributed by atoms with Crippen molar-refractivity contribution in [2.24, 2.45) is 5.73 Å². The normalized spacial score (nSPS) is 11.4. The summed E-state index contributed by atoms with van der Waals surface area (Å²) in [6.45, 7) is -0.0483. The van der Waals surface area contributed by atoms with Gasteiger partial charge in [0.1, 0.15) is 0 Å². The molecular weight excluding hydrogens is 268 g/mol. The summed E-state index contributed by atoms with van der Waals surface area (Å²) >= 11 is 0. The molecule has 1 aromatic carbocycles. The van der Waals surface area contributed by atoms with Gasteiger partial charge in [-0.15, -0.1) is 0 Å². The Morgan fingerprint density at radius 2 is 1.79 bits per heavy atom. The molecule has 2 aromatic rings. The van der Waals surface area contributed by atoms with Crippen LogP contribution in [0.3, 0.4) is 0 Å². The van der Waals surface area contributed by atoms with Gasteiger partial charge in [0.2, 0.25) is 0 Å². The molecule has 0 bridgehead atoms. The Kier molecular flexibility index (Phi) is 3.41. The highest BCUT2D eigenvalue weighted by molar-refractivity contribution is 7.90. The van der Waals surface area contributed by atoms with Crippen molar-refractivity contribution in [2.45, 2.75) is 11.4 Å². The molecule has 0 spiro atoms. The zero-order chi connectivity index (χ0) is 14.0. The number of aromatic hydroxyl groups is 1. The van der Waals surface area contributed by atoms with E-state index in [1.807, 2.05) is 0 Å². The molecule has 19 heavy (non-hydrogen) atoms. The van der Waals surface area contributed by atoms with Gasteiger partial charge >= 0.3 is 5.56 Å². The van der Waals surface area contributed by atoms with Gasteiger partial charge in [0.15, 0.2) is 5.75 Å². The van der Waals surface area contributed by atoms with Crippen molar-refractivity contribution >= 4 is 10.0 Å². The number of rotatable bonds is 3. The molecule has 0 aliphatic carbocycles. The molecule has 3 N–H and O–H groups in total. The molecule has 0 saturated carbocycles. The average molecular weight is 280 g/mol. The second kappa shape index (κ2) is 4.87. The Bertz CT molecular complexity index is 751. The topological polar surface area (TPSA) is 102 Å². The largest absolute Gasteiger partial charge is 0.503 e. The first-order chi connectivity index (χ1) is 8.98. The van der Waals surface area contributed by atoms with Gasteiger partial charge in [-0.3, -0.25) is 4.79 Å². The molecule has 6 nitrogen and oxygen atoms in total. The Hall–Kier alpha value is -2.12. The molecule has 0 amide bonds. The van der Waals surface area contributed by atoms with Crippen LogP contribution in [0, 0.1) is 0 Å². The summed E-state index contributed by atoms with van der Waals surface area (Å²) in [7, 11) is -4.01. The number of aromatic nitrogens is 1. The van der Waals surface area contributed by atoms with E-state index in [0.29, 0.717) is 3.97 Å². The highest BCUT2D eigenvalue weighted by Crippen LogP contribution is 2.15. The second-order valence-electron chi connectivity index (χ2n) is 3.81. The van der Waals surface area contributed by atoms with Crippen molar-refractivity contribution in [1.29, 1.82) is 0 Å². The molecule has 0 aliphatic heterocycles. The van der Waals surface area contributed by atoms with Crippen LogP contribution in [0.1, 0.15) is 5.56 Å². The fourth-order valence-corrected chi connectivity index (χ4v) is 2.86. The standard InChI is InChI=1S/C12H12N2O4S/c13-8-9-6-7-14(12(16)11(9)15)19(17,18)10-4-2-1-3-5-10/h1-7,15H,8,13H2. The van der Waals surface area contributed by atoms with E-state index in [-0.39, 0.29) is 17.0 Å². The van der Waals surface area contributed by atoms with Crippen LogP contribution in [0.25, 0.3) is 0 Å². The SMILES string of the molecule is NCc1ccn(S(=O)(=O)c2ccccc2)c(=O)c1O.